The van der Waals surface area contributed by atoms with Gasteiger partial charge in [-0.05, 0) is 50.0 Å². The van der Waals surface area contributed by atoms with Gasteiger partial charge in [0.1, 0.15) is 0 Å². The zero-order chi connectivity index (χ0) is 20.5. The highest BCUT2D eigenvalue weighted by molar-refractivity contribution is 9.10. The molecule has 0 amide bonds. The summed E-state index contributed by atoms with van der Waals surface area (Å²) in [4.78, 5) is 11.6. The molecule has 5 rings (SSSR count). The topological polar surface area (TPSA) is 49.9 Å². The van der Waals surface area contributed by atoms with E-state index in [1.54, 1.807) is 11.3 Å². The minimum Gasteiger partial charge on any atom is -0.493 e. The predicted octanol–water partition coefficient (Wildman–Crippen LogP) is 7.01. The van der Waals surface area contributed by atoms with Gasteiger partial charge in [0.25, 0.3) is 0 Å². The quantitative estimate of drug-likeness (QED) is 0.498. The number of fused-ring (bicyclic) bond motifs is 1. The fourth-order valence-electron chi connectivity index (χ4n) is 4.94. The molecule has 2 saturated carbocycles. The monoisotopic (exact) mass is 485 g/mol. The van der Waals surface area contributed by atoms with Gasteiger partial charge in [0, 0.05) is 27.9 Å². The van der Waals surface area contributed by atoms with Crippen molar-refractivity contribution in [2.24, 2.45) is 9.98 Å². The van der Waals surface area contributed by atoms with Crippen molar-refractivity contribution in [1.82, 2.24) is 4.57 Å². The molecule has 30 heavy (non-hydrogen) atoms. The summed E-state index contributed by atoms with van der Waals surface area (Å²) in [6.07, 6.45) is 16.3. The van der Waals surface area contributed by atoms with E-state index < -0.39 is 0 Å². The number of rotatable bonds is 3. The number of aliphatic imine (C=N–C) groups is 1. The highest BCUT2D eigenvalue weighted by atomic mass is 79.9. The molecule has 2 aromatic rings. The smallest absolute Gasteiger partial charge is 0.211 e. The van der Waals surface area contributed by atoms with Crippen LogP contribution >= 0.6 is 27.3 Å². The zero-order valence-electron chi connectivity index (χ0n) is 17.2. The Labute approximate surface area is 190 Å². The number of aromatic hydroxyl groups is 1. The van der Waals surface area contributed by atoms with Crippen molar-refractivity contribution in [3.05, 3.63) is 37.9 Å². The van der Waals surface area contributed by atoms with Crippen LogP contribution in [0.1, 0.15) is 80.7 Å². The lowest BCUT2D eigenvalue weighted by molar-refractivity contribution is 0.304. The highest BCUT2D eigenvalue weighted by Crippen LogP contribution is 2.38. The predicted molar refractivity (Wildman–Crippen MR) is 129 cm³/mol. The van der Waals surface area contributed by atoms with E-state index in [1.165, 1.54) is 51.4 Å². The fourth-order valence-corrected chi connectivity index (χ4v) is 6.41. The van der Waals surface area contributed by atoms with Crippen LogP contribution in [0.3, 0.4) is 0 Å². The number of thiazole rings is 1. The van der Waals surface area contributed by atoms with E-state index in [-0.39, 0.29) is 0 Å². The summed E-state index contributed by atoms with van der Waals surface area (Å²) >= 11 is 5.20. The van der Waals surface area contributed by atoms with E-state index in [2.05, 4.69) is 37.6 Å². The molecule has 6 heteroatoms. The van der Waals surface area contributed by atoms with Crippen LogP contribution in [-0.2, 0) is 0 Å². The summed E-state index contributed by atoms with van der Waals surface area (Å²) in [6, 6.07) is 6.90. The third kappa shape index (κ3) is 4.09. The Kier molecular flexibility index (Phi) is 5.96. The van der Waals surface area contributed by atoms with E-state index in [0.29, 0.717) is 18.0 Å². The lowest BCUT2D eigenvalue weighted by Gasteiger charge is -2.24. The third-order valence-corrected chi connectivity index (χ3v) is 8.06. The van der Waals surface area contributed by atoms with Gasteiger partial charge in [-0.25, -0.2) is 0 Å². The molecule has 0 radical (unpaired) electrons. The second kappa shape index (κ2) is 8.83. The van der Waals surface area contributed by atoms with E-state index >= 15 is 0 Å². The van der Waals surface area contributed by atoms with Gasteiger partial charge in [-0.1, -0.05) is 65.8 Å². The molecule has 2 heterocycles. The van der Waals surface area contributed by atoms with Crippen molar-refractivity contribution >= 4 is 50.8 Å². The van der Waals surface area contributed by atoms with Gasteiger partial charge in [0.2, 0.25) is 5.88 Å². The number of allylic oxidation sites excluding steroid dienone is 1. The van der Waals surface area contributed by atoms with Gasteiger partial charge in [-0.3, -0.25) is 14.6 Å². The summed E-state index contributed by atoms with van der Waals surface area (Å²) in [5.41, 5.74) is 3.13. The molecule has 4 nitrogen and oxygen atoms in total. The maximum Gasteiger partial charge on any atom is 0.211 e. The lowest BCUT2D eigenvalue weighted by Crippen LogP contribution is -2.25. The first kappa shape index (κ1) is 20.3. The minimum absolute atomic E-state index is 0.364. The van der Waals surface area contributed by atoms with Crippen LogP contribution in [-0.4, -0.2) is 21.9 Å². The summed E-state index contributed by atoms with van der Waals surface area (Å²) in [7, 11) is 0. The van der Waals surface area contributed by atoms with Crippen molar-refractivity contribution < 1.29 is 5.11 Å². The Morgan fingerprint density at radius 1 is 1.07 bits per heavy atom. The van der Waals surface area contributed by atoms with Crippen LogP contribution in [0.4, 0.5) is 5.69 Å². The Hall–Kier alpha value is -1.66. The van der Waals surface area contributed by atoms with Gasteiger partial charge in [-0.2, -0.15) is 0 Å². The molecule has 0 unspecified atom stereocenters. The van der Waals surface area contributed by atoms with Crippen LogP contribution in [0.5, 0.6) is 5.88 Å². The standard InChI is InChI=1S/C24H28BrN3OS/c25-17-11-12-21-20(14-17)16(15-26-21)13-22-23(29)28(19-9-5-2-6-10-19)24(30-22)27-18-7-3-1-4-8-18/h11-15,18-19,29H,1-10H2. The van der Waals surface area contributed by atoms with Gasteiger partial charge in [0.15, 0.2) is 4.80 Å². The van der Waals surface area contributed by atoms with Crippen molar-refractivity contribution in [2.45, 2.75) is 76.3 Å². The van der Waals surface area contributed by atoms with Crippen LogP contribution < -0.4 is 4.80 Å². The van der Waals surface area contributed by atoms with Crippen LogP contribution in [0.25, 0.3) is 11.6 Å². The second-order valence-electron chi connectivity index (χ2n) is 8.67. The van der Waals surface area contributed by atoms with Gasteiger partial charge in [0.05, 0.1) is 16.6 Å². The Morgan fingerprint density at radius 2 is 1.80 bits per heavy atom. The van der Waals surface area contributed by atoms with Crippen LogP contribution in [0.2, 0.25) is 0 Å². The molecule has 1 aromatic heterocycles. The number of hydrogen-bond acceptors (Lipinski definition) is 4. The van der Waals surface area contributed by atoms with Crippen LogP contribution in [0.15, 0.2) is 32.7 Å². The van der Waals surface area contributed by atoms with E-state index in [0.717, 1.165) is 43.8 Å². The highest BCUT2D eigenvalue weighted by Gasteiger charge is 2.24. The third-order valence-electron chi connectivity index (χ3n) is 6.56. The Balaban J connectivity index is 1.57. The van der Waals surface area contributed by atoms with Crippen molar-refractivity contribution in [3.63, 3.8) is 0 Å². The molecule has 0 saturated heterocycles. The first-order valence-electron chi connectivity index (χ1n) is 11.2. The van der Waals surface area contributed by atoms with Crippen molar-refractivity contribution in [1.29, 1.82) is 0 Å². The first-order chi connectivity index (χ1) is 14.7. The van der Waals surface area contributed by atoms with Crippen molar-refractivity contribution in [2.75, 3.05) is 0 Å². The van der Waals surface area contributed by atoms with E-state index in [1.807, 2.05) is 18.3 Å². The molecule has 0 bridgehead atoms. The maximum absolute atomic E-state index is 11.3. The lowest BCUT2D eigenvalue weighted by atomic mass is 9.95. The number of benzene rings is 1. The SMILES string of the molecule is Oc1c(C=C2C=Nc3ccc(Br)cc32)sc(=NC2CCCCC2)n1C1CCCCC1. The van der Waals surface area contributed by atoms with E-state index in [9.17, 15) is 5.11 Å². The number of hydrogen-bond donors (Lipinski definition) is 1. The average molecular weight is 486 g/mol. The van der Waals surface area contributed by atoms with E-state index in [4.69, 9.17) is 4.99 Å². The largest absolute Gasteiger partial charge is 0.493 e. The summed E-state index contributed by atoms with van der Waals surface area (Å²) in [6.45, 7) is 0. The molecule has 2 fully saturated rings. The van der Waals surface area contributed by atoms with Gasteiger partial charge in [-0.15, -0.1) is 0 Å². The molecule has 3 aliphatic rings. The maximum atomic E-state index is 11.3. The molecule has 2 aliphatic carbocycles. The summed E-state index contributed by atoms with van der Waals surface area (Å²) in [5.74, 6) is 0.380. The number of nitrogens with zero attached hydrogens (tertiary/aromatic N) is 3. The molecular formula is C24H28BrN3OS. The Bertz CT molecular complexity index is 1050. The van der Waals surface area contributed by atoms with Crippen LogP contribution in [0, 0.1) is 0 Å². The molecule has 158 valence electrons. The fraction of sp³-hybridized carbons (Fsp3) is 0.500. The summed E-state index contributed by atoms with van der Waals surface area (Å²) in [5, 5.41) is 11.3. The zero-order valence-corrected chi connectivity index (χ0v) is 19.6. The average Bonchev–Trinajstić information content (AvgIpc) is 3.30. The molecule has 0 spiro atoms. The summed E-state index contributed by atoms with van der Waals surface area (Å²) < 4.78 is 3.19. The molecule has 1 N–H and O–H groups in total. The van der Waals surface area contributed by atoms with Gasteiger partial charge >= 0.3 is 0 Å². The molecule has 1 aromatic carbocycles. The number of aromatic nitrogens is 1. The second-order valence-corrected chi connectivity index (χ2v) is 10.6. The van der Waals surface area contributed by atoms with Gasteiger partial charge < -0.3 is 5.11 Å². The number of halogens is 1. The molecule has 1 aliphatic heterocycles. The normalized spacial score (nSPS) is 22.2. The molecular weight excluding hydrogens is 458 g/mol. The Morgan fingerprint density at radius 3 is 2.57 bits per heavy atom. The minimum atomic E-state index is 0.364. The van der Waals surface area contributed by atoms with Crippen molar-refractivity contribution in [3.8, 4) is 5.88 Å². The molecule has 0 atom stereocenters. The first-order valence-corrected chi connectivity index (χ1v) is 12.8.